The molecule has 2 aliphatic heterocycles. The minimum Gasteiger partial charge on any atom is -0.356 e. The lowest BCUT2D eigenvalue weighted by molar-refractivity contribution is 0.273. The summed E-state index contributed by atoms with van der Waals surface area (Å²) in [5, 5.41) is 6.92. The SMILES string of the molecule is CN=C(NCCc1csc(N2CCCC2)n1)N1CCC(C)CC1. The van der Waals surface area contributed by atoms with Crippen molar-refractivity contribution in [2.45, 2.75) is 39.0 Å². The first kappa shape index (κ1) is 16.6. The Labute approximate surface area is 143 Å². The van der Waals surface area contributed by atoms with Crippen LogP contribution in [0.5, 0.6) is 0 Å². The zero-order valence-electron chi connectivity index (χ0n) is 14.4. The monoisotopic (exact) mass is 335 g/mol. The summed E-state index contributed by atoms with van der Waals surface area (Å²) in [5.74, 6) is 1.90. The van der Waals surface area contributed by atoms with E-state index in [0.717, 1.165) is 37.9 Å². The number of aromatic nitrogens is 1. The molecular weight excluding hydrogens is 306 g/mol. The quantitative estimate of drug-likeness (QED) is 0.678. The summed E-state index contributed by atoms with van der Waals surface area (Å²) in [5.41, 5.74) is 1.20. The molecular formula is C17H29N5S. The van der Waals surface area contributed by atoms with Crippen LogP contribution in [0.2, 0.25) is 0 Å². The van der Waals surface area contributed by atoms with Crippen LogP contribution in [0.3, 0.4) is 0 Å². The average molecular weight is 336 g/mol. The molecule has 0 radical (unpaired) electrons. The Morgan fingerprint density at radius 1 is 1.30 bits per heavy atom. The van der Waals surface area contributed by atoms with E-state index in [-0.39, 0.29) is 0 Å². The molecule has 2 saturated heterocycles. The first-order chi connectivity index (χ1) is 11.3. The third-order valence-electron chi connectivity index (χ3n) is 4.88. The number of piperidine rings is 1. The van der Waals surface area contributed by atoms with Gasteiger partial charge in [-0.3, -0.25) is 4.99 Å². The number of aliphatic imine (C=N–C) groups is 1. The fourth-order valence-corrected chi connectivity index (χ4v) is 4.23. The van der Waals surface area contributed by atoms with Crippen LogP contribution in [-0.4, -0.2) is 55.6 Å². The number of hydrogen-bond donors (Lipinski definition) is 1. The highest BCUT2D eigenvalue weighted by Crippen LogP contribution is 2.24. The van der Waals surface area contributed by atoms with Gasteiger partial charge < -0.3 is 15.1 Å². The van der Waals surface area contributed by atoms with Crippen molar-refractivity contribution >= 4 is 22.4 Å². The summed E-state index contributed by atoms with van der Waals surface area (Å²) >= 11 is 1.79. The van der Waals surface area contributed by atoms with Gasteiger partial charge >= 0.3 is 0 Å². The number of anilines is 1. The number of thiazole rings is 1. The second-order valence-electron chi connectivity index (χ2n) is 6.71. The summed E-state index contributed by atoms with van der Waals surface area (Å²) in [6, 6.07) is 0. The summed E-state index contributed by atoms with van der Waals surface area (Å²) < 4.78 is 0. The molecule has 1 aromatic heterocycles. The van der Waals surface area contributed by atoms with Crippen LogP contribution >= 0.6 is 11.3 Å². The molecule has 3 rings (SSSR count). The average Bonchev–Trinajstić information content (AvgIpc) is 3.24. The Hall–Kier alpha value is -1.30. The summed E-state index contributed by atoms with van der Waals surface area (Å²) in [7, 11) is 1.88. The molecule has 0 aliphatic carbocycles. The van der Waals surface area contributed by atoms with Gasteiger partial charge in [-0.25, -0.2) is 4.98 Å². The fourth-order valence-electron chi connectivity index (χ4n) is 3.32. The third kappa shape index (κ3) is 4.37. The van der Waals surface area contributed by atoms with Crippen molar-refractivity contribution in [2.24, 2.45) is 10.9 Å². The number of likely N-dealkylation sites (tertiary alicyclic amines) is 1. The molecule has 6 heteroatoms. The zero-order chi connectivity index (χ0) is 16.1. The van der Waals surface area contributed by atoms with Crippen LogP contribution in [-0.2, 0) is 6.42 Å². The van der Waals surface area contributed by atoms with E-state index in [4.69, 9.17) is 4.98 Å². The lowest BCUT2D eigenvalue weighted by Gasteiger charge is -2.32. The first-order valence-corrected chi connectivity index (χ1v) is 9.79. The van der Waals surface area contributed by atoms with Gasteiger partial charge in [-0.05, 0) is 31.6 Å². The molecule has 0 atom stereocenters. The van der Waals surface area contributed by atoms with Crippen LogP contribution in [0.25, 0.3) is 0 Å². The summed E-state index contributed by atoms with van der Waals surface area (Å²) in [4.78, 5) is 14.0. The molecule has 0 amide bonds. The Kier molecular flexibility index (Phi) is 5.75. The van der Waals surface area contributed by atoms with E-state index in [1.54, 1.807) is 11.3 Å². The molecule has 2 fully saturated rings. The van der Waals surface area contributed by atoms with Crippen LogP contribution in [0.4, 0.5) is 5.13 Å². The van der Waals surface area contributed by atoms with E-state index >= 15 is 0 Å². The molecule has 3 heterocycles. The normalized spacial score (nSPS) is 20.3. The van der Waals surface area contributed by atoms with Crippen molar-refractivity contribution < 1.29 is 0 Å². The number of rotatable bonds is 4. The van der Waals surface area contributed by atoms with Gasteiger partial charge in [0.2, 0.25) is 0 Å². The van der Waals surface area contributed by atoms with Gasteiger partial charge in [-0.15, -0.1) is 11.3 Å². The van der Waals surface area contributed by atoms with Gasteiger partial charge in [0.1, 0.15) is 0 Å². The molecule has 1 aromatic rings. The molecule has 1 N–H and O–H groups in total. The van der Waals surface area contributed by atoms with Gasteiger partial charge in [0.05, 0.1) is 5.69 Å². The molecule has 0 aromatic carbocycles. The van der Waals surface area contributed by atoms with E-state index < -0.39 is 0 Å². The second kappa shape index (κ2) is 7.99. The molecule has 5 nitrogen and oxygen atoms in total. The van der Waals surface area contributed by atoms with Crippen LogP contribution in [0.1, 0.15) is 38.3 Å². The van der Waals surface area contributed by atoms with Crippen molar-refractivity contribution in [3.05, 3.63) is 11.1 Å². The van der Waals surface area contributed by atoms with Crippen LogP contribution in [0.15, 0.2) is 10.4 Å². The minimum atomic E-state index is 0.850. The van der Waals surface area contributed by atoms with E-state index in [0.29, 0.717) is 0 Å². The van der Waals surface area contributed by atoms with Crippen LogP contribution in [0, 0.1) is 5.92 Å². The fraction of sp³-hybridized carbons (Fsp3) is 0.765. The smallest absolute Gasteiger partial charge is 0.193 e. The van der Waals surface area contributed by atoms with Gasteiger partial charge in [0.25, 0.3) is 0 Å². The maximum Gasteiger partial charge on any atom is 0.193 e. The lowest BCUT2D eigenvalue weighted by Crippen LogP contribution is -2.45. The van der Waals surface area contributed by atoms with Crippen LogP contribution < -0.4 is 10.2 Å². The molecule has 2 aliphatic rings. The maximum absolute atomic E-state index is 4.79. The highest BCUT2D eigenvalue weighted by molar-refractivity contribution is 7.13. The van der Waals surface area contributed by atoms with E-state index in [1.165, 1.54) is 49.6 Å². The Morgan fingerprint density at radius 2 is 2.04 bits per heavy atom. The molecule has 0 saturated carbocycles. The van der Waals surface area contributed by atoms with Crippen molar-refractivity contribution in [3.8, 4) is 0 Å². The van der Waals surface area contributed by atoms with E-state index in [9.17, 15) is 0 Å². The largest absolute Gasteiger partial charge is 0.356 e. The van der Waals surface area contributed by atoms with E-state index in [1.807, 2.05) is 7.05 Å². The van der Waals surface area contributed by atoms with Crippen molar-refractivity contribution in [1.29, 1.82) is 0 Å². The molecule has 0 spiro atoms. The highest BCUT2D eigenvalue weighted by Gasteiger charge is 2.19. The predicted octanol–water partition coefficient (Wildman–Crippen LogP) is 2.59. The third-order valence-corrected chi connectivity index (χ3v) is 5.83. The maximum atomic E-state index is 4.79. The summed E-state index contributed by atoms with van der Waals surface area (Å²) in [6.07, 6.45) is 6.12. The lowest BCUT2D eigenvalue weighted by atomic mass is 10.00. The number of guanidine groups is 1. The highest BCUT2D eigenvalue weighted by atomic mass is 32.1. The predicted molar refractivity (Wildman–Crippen MR) is 98.6 cm³/mol. The second-order valence-corrected chi connectivity index (χ2v) is 7.55. The Bertz CT molecular complexity index is 513. The number of nitrogens with one attached hydrogen (secondary N) is 1. The zero-order valence-corrected chi connectivity index (χ0v) is 15.2. The molecule has 0 bridgehead atoms. The van der Waals surface area contributed by atoms with Gasteiger partial charge in [0.15, 0.2) is 11.1 Å². The molecule has 0 unspecified atom stereocenters. The van der Waals surface area contributed by atoms with Gasteiger partial charge in [0, 0.05) is 51.6 Å². The Balaban J connectivity index is 1.44. The van der Waals surface area contributed by atoms with Gasteiger partial charge in [-0.2, -0.15) is 0 Å². The van der Waals surface area contributed by atoms with Crippen molar-refractivity contribution in [2.75, 3.05) is 44.7 Å². The van der Waals surface area contributed by atoms with Crippen molar-refractivity contribution in [1.82, 2.24) is 15.2 Å². The Morgan fingerprint density at radius 3 is 2.74 bits per heavy atom. The standard InChI is InChI=1S/C17H29N5S/c1-14-6-11-21(12-7-14)16(18-2)19-8-5-15-13-23-17(20-15)22-9-3-4-10-22/h13-14H,3-12H2,1-2H3,(H,18,19). The number of hydrogen-bond acceptors (Lipinski definition) is 4. The topological polar surface area (TPSA) is 43.8 Å². The summed E-state index contributed by atoms with van der Waals surface area (Å²) in [6.45, 7) is 7.83. The molecule has 23 heavy (non-hydrogen) atoms. The first-order valence-electron chi connectivity index (χ1n) is 8.91. The van der Waals surface area contributed by atoms with Gasteiger partial charge in [-0.1, -0.05) is 6.92 Å². The minimum absolute atomic E-state index is 0.850. The van der Waals surface area contributed by atoms with E-state index in [2.05, 4.69) is 32.4 Å². The molecule has 128 valence electrons. The number of nitrogens with zero attached hydrogens (tertiary/aromatic N) is 4. The van der Waals surface area contributed by atoms with Crippen molar-refractivity contribution in [3.63, 3.8) is 0 Å².